The van der Waals surface area contributed by atoms with Gasteiger partial charge in [-0.25, -0.2) is 0 Å². The van der Waals surface area contributed by atoms with E-state index in [2.05, 4.69) is 33.7 Å². The Kier molecular flexibility index (Phi) is 8.00. The molecule has 182 valence electrons. The molecule has 0 aromatic heterocycles. The number of methoxy groups -OCH3 is 2. The molecule has 35 heavy (non-hydrogen) atoms. The molecule has 0 unspecified atom stereocenters. The second-order valence-electron chi connectivity index (χ2n) is 8.46. The van der Waals surface area contributed by atoms with Gasteiger partial charge in [0, 0.05) is 50.3 Å². The van der Waals surface area contributed by atoms with Crippen LogP contribution in [0.4, 0.5) is 11.4 Å². The van der Waals surface area contributed by atoms with Crippen molar-refractivity contribution in [3.8, 4) is 5.75 Å². The van der Waals surface area contributed by atoms with Gasteiger partial charge in [0.1, 0.15) is 5.75 Å². The number of hydrogen-bond donors (Lipinski definition) is 2. The Bertz CT molecular complexity index is 1190. The van der Waals surface area contributed by atoms with Crippen molar-refractivity contribution in [1.29, 1.82) is 0 Å². The maximum atomic E-state index is 13.2. The summed E-state index contributed by atoms with van der Waals surface area (Å²) in [5, 5.41) is 5.90. The van der Waals surface area contributed by atoms with Crippen molar-refractivity contribution >= 4 is 23.2 Å². The normalized spacial score (nSPS) is 12.6. The van der Waals surface area contributed by atoms with Crippen LogP contribution in [0.1, 0.15) is 38.3 Å². The molecular formula is C28H31N3O4. The maximum Gasteiger partial charge on any atom is 0.255 e. The van der Waals surface area contributed by atoms with Crippen LogP contribution < -0.4 is 20.3 Å². The minimum atomic E-state index is -0.269. The van der Waals surface area contributed by atoms with Crippen LogP contribution in [0.5, 0.6) is 5.75 Å². The smallest absolute Gasteiger partial charge is 0.255 e. The summed E-state index contributed by atoms with van der Waals surface area (Å²) in [6.07, 6.45) is 1.64. The molecule has 2 amide bonds. The van der Waals surface area contributed by atoms with Crippen LogP contribution in [0, 0.1) is 0 Å². The monoisotopic (exact) mass is 473 g/mol. The summed E-state index contributed by atoms with van der Waals surface area (Å²) < 4.78 is 10.3. The second kappa shape index (κ2) is 11.5. The first-order valence-electron chi connectivity index (χ1n) is 11.8. The van der Waals surface area contributed by atoms with Gasteiger partial charge in [0.25, 0.3) is 11.8 Å². The van der Waals surface area contributed by atoms with E-state index < -0.39 is 0 Å². The lowest BCUT2D eigenvalue weighted by molar-refractivity contribution is 0.0947. The van der Waals surface area contributed by atoms with Crippen LogP contribution in [0.3, 0.4) is 0 Å². The standard InChI is InChI=1S/C28H31N3O4/c1-34-16-6-14-29-28(33)25-18-23(30-27(32)21-9-5-10-24(17-21)35-2)11-12-26(25)31-15-13-20-7-3-4-8-22(20)19-31/h3-5,7-12,17-18H,6,13-16,19H2,1-2H3,(H,29,33)(H,30,32). The number of nitrogens with one attached hydrogen (secondary N) is 2. The van der Waals surface area contributed by atoms with Crippen molar-refractivity contribution in [3.05, 3.63) is 89.0 Å². The number of rotatable bonds is 9. The summed E-state index contributed by atoms with van der Waals surface area (Å²) in [6.45, 7) is 2.63. The van der Waals surface area contributed by atoms with Crippen molar-refractivity contribution in [2.75, 3.05) is 44.1 Å². The van der Waals surface area contributed by atoms with Gasteiger partial charge in [-0.1, -0.05) is 30.3 Å². The van der Waals surface area contributed by atoms with Gasteiger partial charge < -0.3 is 25.0 Å². The molecule has 0 saturated carbocycles. The van der Waals surface area contributed by atoms with Gasteiger partial charge in [0.15, 0.2) is 0 Å². The third kappa shape index (κ3) is 6.00. The van der Waals surface area contributed by atoms with Gasteiger partial charge in [-0.2, -0.15) is 0 Å². The highest BCUT2D eigenvalue weighted by Gasteiger charge is 2.22. The van der Waals surface area contributed by atoms with Gasteiger partial charge >= 0.3 is 0 Å². The zero-order valence-electron chi connectivity index (χ0n) is 20.2. The molecule has 1 aliphatic heterocycles. The van der Waals surface area contributed by atoms with Crippen LogP contribution in [-0.2, 0) is 17.7 Å². The Hall–Kier alpha value is -3.84. The largest absolute Gasteiger partial charge is 0.497 e. The fraction of sp³-hybridized carbons (Fsp3) is 0.286. The van der Waals surface area contributed by atoms with E-state index in [1.165, 1.54) is 11.1 Å². The Balaban J connectivity index is 1.58. The Morgan fingerprint density at radius 1 is 0.943 bits per heavy atom. The number of fused-ring (bicyclic) bond motifs is 1. The lowest BCUT2D eigenvalue weighted by Crippen LogP contribution is -2.33. The lowest BCUT2D eigenvalue weighted by atomic mass is 9.98. The number of carbonyl (C=O) groups is 2. The zero-order valence-corrected chi connectivity index (χ0v) is 20.2. The van der Waals surface area contributed by atoms with E-state index in [0.29, 0.717) is 35.7 Å². The quantitative estimate of drug-likeness (QED) is 0.454. The van der Waals surface area contributed by atoms with E-state index >= 15 is 0 Å². The zero-order chi connectivity index (χ0) is 24.6. The summed E-state index contributed by atoms with van der Waals surface area (Å²) in [4.78, 5) is 28.3. The van der Waals surface area contributed by atoms with Crippen LogP contribution in [0.15, 0.2) is 66.7 Å². The van der Waals surface area contributed by atoms with E-state index in [1.807, 2.05) is 18.2 Å². The molecule has 2 N–H and O–H groups in total. The third-order valence-electron chi connectivity index (χ3n) is 6.11. The summed E-state index contributed by atoms with van der Waals surface area (Å²) in [5.41, 5.74) is 5.03. The first-order valence-corrected chi connectivity index (χ1v) is 11.8. The number of hydrogen-bond acceptors (Lipinski definition) is 5. The number of benzene rings is 3. The van der Waals surface area contributed by atoms with Crippen molar-refractivity contribution in [2.45, 2.75) is 19.4 Å². The summed E-state index contributed by atoms with van der Waals surface area (Å²) >= 11 is 0. The molecule has 3 aromatic carbocycles. The molecule has 0 bridgehead atoms. The number of carbonyl (C=O) groups excluding carboxylic acids is 2. The summed E-state index contributed by atoms with van der Waals surface area (Å²) in [5.74, 6) is 0.164. The van der Waals surface area contributed by atoms with Crippen LogP contribution >= 0.6 is 0 Å². The average molecular weight is 474 g/mol. The predicted molar refractivity (Wildman–Crippen MR) is 137 cm³/mol. The molecule has 1 heterocycles. The highest BCUT2D eigenvalue weighted by molar-refractivity contribution is 6.06. The molecule has 0 aliphatic carbocycles. The Labute approximate surface area is 206 Å². The topological polar surface area (TPSA) is 79.9 Å². The fourth-order valence-corrected chi connectivity index (χ4v) is 4.25. The number of ether oxygens (including phenoxy) is 2. The van der Waals surface area contributed by atoms with Crippen LogP contribution in [0.2, 0.25) is 0 Å². The molecule has 3 aromatic rings. The number of nitrogens with zero attached hydrogens (tertiary/aromatic N) is 1. The number of amides is 2. The maximum absolute atomic E-state index is 13.2. The van der Waals surface area contributed by atoms with Crippen molar-refractivity contribution in [3.63, 3.8) is 0 Å². The van der Waals surface area contributed by atoms with Gasteiger partial charge in [0.05, 0.1) is 12.7 Å². The van der Waals surface area contributed by atoms with Crippen LogP contribution in [-0.4, -0.2) is 45.7 Å². The molecule has 7 nitrogen and oxygen atoms in total. The van der Waals surface area contributed by atoms with Crippen molar-refractivity contribution < 1.29 is 19.1 Å². The van der Waals surface area contributed by atoms with E-state index in [-0.39, 0.29) is 11.8 Å². The van der Waals surface area contributed by atoms with E-state index in [1.54, 1.807) is 44.6 Å². The number of anilines is 2. The SMILES string of the molecule is COCCCNC(=O)c1cc(NC(=O)c2cccc(OC)c2)ccc1N1CCc2ccccc2C1. The van der Waals surface area contributed by atoms with E-state index in [9.17, 15) is 9.59 Å². The molecule has 0 radical (unpaired) electrons. The van der Waals surface area contributed by atoms with E-state index in [4.69, 9.17) is 9.47 Å². The third-order valence-corrected chi connectivity index (χ3v) is 6.11. The molecule has 4 rings (SSSR count). The predicted octanol–water partition coefficient (Wildman–Crippen LogP) is 4.28. The van der Waals surface area contributed by atoms with Crippen molar-refractivity contribution in [2.24, 2.45) is 0 Å². The lowest BCUT2D eigenvalue weighted by Gasteiger charge is -2.32. The van der Waals surface area contributed by atoms with Gasteiger partial charge in [0.2, 0.25) is 0 Å². The van der Waals surface area contributed by atoms with E-state index in [0.717, 1.165) is 31.6 Å². The highest BCUT2D eigenvalue weighted by Crippen LogP contribution is 2.30. The van der Waals surface area contributed by atoms with Crippen molar-refractivity contribution in [1.82, 2.24) is 5.32 Å². The molecule has 0 atom stereocenters. The van der Waals surface area contributed by atoms with Gasteiger partial charge in [-0.15, -0.1) is 0 Å². The minimum absolute atomic E-state index is 0.174. The first-order chi connectivity index (χ1) is 17.1. The molecular weight excluding hydrogens is 442 g/mol. The summed E-state index contributed by atoms with van der Waals surface area (Å²) in [7, 11) is 3.20. The fourth-order valence-electron chi connectivity index (χ4n) is 4.25. The summed E-state index contributed by atoms with van der Waals surface area (Å²) in [6, 6.07) is 20.9. The highest BCUT2D eigenvalue weighted by atomic mass is 16.5. The average Bonchev–Trinajstić information content (AvgIpc) is 2.90. The molecule has 0 saturated heterocycles. The second-order valence-corrected chi connectivity index (χ2v) is 8.46. The van der Waals surface area contributed by atoms with Gasteiger partial charge in [-0.05, 0) is 60.4 Å². The minimum Gasteiger partial charge on any atom is -0.497 e. The molecule has 1 aliphatic rings. The first kappa shape index (κ1) is 24.3. The molecule has 0 fully saturated rings. The molecule has 0 spiro atoms. The molecule has 7 heteroatoms. The Morgan fingerprint density at radius 2 is 1.77 bits per heavy atom. The Morgan fingerprint density at radius 3 is 2.57 bits per heavy atom. The van der Waals surface area contributed by atoms with Crippen LogP contribution in [0.25, 0.3) is 0 Å². The van der Waals surface area contributed by atoms with Gasteiger partial charge in [-0.3, -0.25) is 9.59 Å².